The second-order valence-corrected chi connectivity index (χ2v) is 6.30. The van der Waals surface area contributed by atoms with E-state index < -0.39 is 49.2 Å². The van der Waals surface area contributed by atoms with E-state index >= 15 is 0 Å². The SMILES string of the molecule is O=S(=O)(Cl)c1c(OC(F)(F)F)cc(C(F)F)nc1CBr. The van der Waals surface area contributed by atoms with E-state index in [9.17, 15) is 30.4 Å². The third-order valence-corrected chi connectivity index (χ3v) is 3.77. The summed E-state index contributed by atoms with van der Waals surface area (Å²) in [5, 5.41) is -0.414. The molecule has 20 heavy (non-hydrogen) atoms. The highest BCUT2D eigenvalue weighted by atomic mass is 79.9. The Hall–Kier alpha value is -0.680. The summed E-state index contributed by atoms with van der Waals surface area (Å²) < 4.78 is 87.6. The van der Waals surface area contributed by atoms with Crippen molar-refractivity contribution in [3.05, 3.63) is 17.5 Å². The first-order valence-electron chi connectivity index (χ1n) is 4.54. The van der Waals surface area contributed by atoms with Gasteiger partial charge in [-0.25, -0.2) is 22.2 Å². The summed E-state index contributed by atoms with van der Waals surface area (Å²) in [7, 11) is 0.304. The van der Waals surface area contributed by atoms with E-state index in [1.165, 1.54) is 0 Å². The lowest BCUT2D eigenvalue weighted by molar-refractivity contribution is -0.275. The van der Waals surface area contributed by atoms with Gasteiger partial charge in [-0.15, -0.1) is 13.2 Å². The molecule has 0 amide bonds. The summed E-state index contributed by atoms with van der Waals surface area (Å²) in [5.74, 6) is -1.35. The monoisotopic (exact) mass is 403 g/mol. The van der Waals surface area contributed by atoms with Gasteiger partial charge in [-0.3, -0.25) is 0 Å². The largest absolute Gasteiger partial charge is 0.573 e. The number of aromatic nitrogens is 1. The minimum atomic E-state index is -5.28. The topological polar surface area (TPSA) is 56.3 Å². The highest BCUT2D eigenvalue weighted by Crippen LogP contribution is 2.36. The fourth-order valence-corrected chi connectivity index (χ4v) is 3.07. The summed E-state index contributed by atoms with van der Waals surface area (Å²) >= 11 is 2.73. The van der Waals surface area contributed by atoms with Crippen LogP contribution in [0.2, 0.25) is 0 Å². The normalized spacial score (nSPS) is 12.8. The third-order valence-electron chi connectivity index (χ3n) is 1.85. The number of hydrogen-bond donors (Lipinski definition) is 0. The van der Waals surface area contributed by atoms with Crippen molar-refractivity contribution in [3.63, 3.8) is 0 Å². The van der Waals surface area contributed by atoms with E-state index in [0.29, 0.717) is 0 Å². The molecule has 12 heteroatoms. The predicted molar refractivity (Wildman–Crippen MR) is 61.5 cm³/mol. The molecule has 1 rings (SSSR count). The van der Waals surface area contributed by atoms with Crippen molar-refractivity contribution in [1.29, 1.82) is 0 Å². The molecule has 0 spiro atoms. The second kappa shape index (κ2) is 5.98. The Labute approximate surface area is 122 Å². The van der Waals surface area contributed by atoms with Gasteiger partial charge in [0.15, 0.2) is 5.75 Å². The maximum absolute atomic E-state index is 12.5. The van der Waals surface area contributed by atoms with Crippen LogP contribution in [0.1, 0.15) is 17.8 Å². The van der Waals surface area contributed by atoms with Crippen molar-refractivity contribution in [1.82, 2.24) is 4.98 Å². The Morgan fingerprint density at radius 2 is 1.95 bits per heavy atom. The molecule has 0 unspecified atom stereocenters. The van der Waals surface area contributed by atoms with Crippen molar-refractivity contribution >= 4 is 35.7 Å². The molecular weight excluding hydrogens is 401 g/mol. The molecule has 0 saturated carbocycles. The lowest BCUT2D eigenvalue weighted by Gasteiger charge is -2.15. The first-order chi connectivity index (χ1) is 8.95. The van der Waals surface area contributed by atoms with Crippen molar-refractivity contribution in [2.24, 2.45) is 0 Å². The number of nitrogens with zero attached hydrogens (tertiary/aromatic N) is 1. The smallest absolute Gasteiger partial charge is 0.404 e. The molecule has 0 aromatic carbocycles. The summed E-state index contributed by atoms with van der Waals surface area (Å²) in [4.78, 5) is 2.13. The lowest BCUT2D eigenvalue weighted by atomic mass is 10.3. The molecular formula is C8H4BrClF5NO3S. The van der Waals surface area contributed by atoms with E-state index in [1.54, 1.807) is 0 Å². The molecule has 1 heterocycles. The van der Waals surface area contributed by atoms with Crippen LogP contribution in [-0.2, 0) is 14.4 Å². The van der Waals surface area contributed by atoms with Gasteiger partial charge in [0, 0.05) is 22.1 Å². The first kappa shape index (κ1) is 17.4. The third kappa shape index (κ3) is 4.42. The van der Waals surface area contributed by atoms with Gasteiger partial charge in [0.05, 0.1) is 5.69 Å². The van der Waals surface area contributed by atoms with Crippen LogP contribution < -0.4 is 4.74 Å². The van der Waals surface area contributed by atoms with Gasteiger partial charge in [-0.2, -0.15) is 0 Å². The van der Waals surface area contributed by atoms with E-state index in [0.717, 1.165) is 0 Å². The molecule has 0 fully saturated rings. The van der Waals surface area contributed by atoms with Gasteiger partial charge in [0.2, 0.25) is 0 Å². The van der Waals surface area contributed by atoms with Crippen LogP contribution in [0.25, 0.3) is 0 Å². The molecule has 0 atom stereocenters. The van der Waals surface area contributed by atoms with Crippen molar-refractivity contribution in [2.45, 2.75) is 23.0 Å². The summed E-state index contributed by atoms with van der Waals surface area (Å²) in [6, 6.07) is 0.180. The van der Waals surface area contributed by atoms with Crippen LogP contribution in [-0.4, -0.2) is 19.8 Å². The van der Waals surface area contributed by atoms with Gasteiger partial charge in [-0.05, 0) is 0 Å². The van der Waals surface area contributed by atoms with Gasteiger partial charge in [0.1, 0.15) is 10.6 Å². The van der Waals surface area contributed by atoms with Gasteiger partial charge < -0.3 is 4.74 Å². The maximum atomic E-state index is 12.5. The number of hydrogen-bond acceptors (Lipinski definition) is 4. The van der Waals surface area contributed by atoms with E-state index in [1.807, 2.05) is 0 Å². The van der Waals surface area contributed by atoms with Crippen LogP contribution >= 0.6 is 26.6 Å². The zero-order chi connectivity index (χ0) is 15.7. The summed E-state index contributed by atoms with van der Waals surface area (Å²) in [6.07, 6.45) is -8.49. The van der Waals surface area contributed by atoms with E-state index in [4.69, 9.17) is 10.7 Å². The molecule has 4 nitrogen and oxygen atoms in total. The fraction of sp³-hybridized carbons (Fsp3) is 0.375. The van der Waals surface area contributed by atoms with Crippen LogP contribution in [0.5, 0.6) is 5.75 Å². The summed E-state index contributed by atoms with van der Waals surface area (Å²) in [5.41, 5.74) is -1.68. The van der Waals surface area contributed by atoms with Crippen LogP contribution in [0.4, 0.5) is 22.0 Å². The fourth-order valence-electron chi connectivity index (χ4n) is 1.24. The Bertz CT molecular complexity index is 607. The predicted octanol–water partition coefficient (Wildman–Crippen LogP) is 3.74. The Morgan fingerprint density at radius 3 is 2.30 bits per heavy atom. The highest BCUT2D eigenvalue weighted by Gasteiger charge is 2.36. The molecule has 0 N–H and O–H groups in total. The Morgan fingerprint density at radius 1 is 1.40 bits per heavy atom. The van der Waals surface area contributed by atoms with Crippen LogP contribution in [0.3, 0.4) is 0 Å². The minimum Gasteiger partial charge on any atom is -0.404 e. The first-order valence-corrected chi connectivity index (χ1v) is 7.97. The minimum absolute atomic E-state index is 0.180. The molecule has 1 aromatic heterocycles. The molecule has 0 bridgehead atoms. The van der Waals surface area contributed by atoms with Gasteiger partial charge in [0.25, 0.3) is 15.5 Å². The molecule has 0 radical (unpaired) electrons. The van der Waals surface area contributed by atoms with Crippen molar-refractivity contribution in [2.75, 3.05) is 0 Å². The standard InChI is InChI=1S/C8H4BrClF5NO3S/c9-2-4-6(20(10,17)18)5(19-8(13,14)15)1-3(16-4)7(11)12/h1,7H,2H2. The average Bonchev–Trinajstić information content (AvgIpc) is 2.23. The molecule has 114 valence electrons. The molecule has 0 aliphatic rings. The molecule has 0 aliphatic heterocycles. The average molecular weight is 405 g/mol. The maximum Gasteiger partial charge on any atom is 0.573 e. The van der Waals surface area contributed by atoms with Gasteiger partial charge >= 0.3 is 6.36 Å². The van der Waals surface area contributed by atoms with Gasteiger partial charge in [-0.1, -0.05) is 15.9 Å². The molecule has 0 saturated heterocycles. The second-order valence-electron chi connectivity index (χ2n) is 3.24. The molecule has 0 aliphatic carbocycles. The zero-order valence-electron chi connectivity index (χ0n) is 9.09. The number of pyridine rings is 1. The zero-order valence-corrected chi connectivity index (χ0v) is 12.2. The number of ether oxygens (including phenoxy) is 1. The van der Waals surface area contributed by atoms with Crippen LogP contribution in [0, 0.1) is 0 Å². The highest BCUT2D eigenvalue weighted by molar-refractivity contribution is 9.08. The number of halogens is 7. The van der Waals surface area contributed by atoms with E-state index in [2.05, 4.69) is 25.7 Å². The lowest BCUT2D eigenvalue weighted by Crippen LogP contribution is -2.20. The van der Waals surface area contributed by atoms with Crippen LogP contribution in [0.15, 0.2) is 11.0 Å². The summed E-state index contributed by atoms with van der Waals surface area (Å²) in [6.45, 7) is 0. The number of rotatable bonds is 4. The Kier molecular flexibility index (Phi) is 5.19. The Balaban J connectivity index is 3.62. The quantitative estimate of drug-likeness (QED) is 0.436. The van der Waals surface area contributed by atoms with Crippen molar-refractivity contribution < 1.29 is 35.1 Å². The van der Waals surface area contributed by atoms with E-state index in [-0.39, 0.29) is 6.07 Å². The molecule has 1 aromatic rings. The number of alkyl halides is 6. The van der Waals surface area contributed by atoms with Crippen molar-refractivity contribution in [3.8, 4) is 5.75 Å².